The summed E-state index contributed by atoms with van der Waals surface area (Å²) >= 11 is 0. The summed E-state index contributed by atoms with van der Waals surface area (Å²) in [7, 11) is 0. The lowest BCUT2D eigenvalue weighted by Crippen LogP contribution is -2.33. The average Bonchev–Trinajstić information content (AvgIpc) is 2.82. The van der Waals surface area contributed by atoms with Crippen LogP contribution in [0.3, 0.4) is 0 Å². The third-order valence-corrected chi connectivity index (χ3v) is 4.69. The van der Waals surface area contributed by atoms with Gasteiger partial charge in [0, 0.05) is 32.4 Å². The molecule has 0 unspecified atom stereocenters. The quantitative estimate of drug-likeness (QED) is 0.844. The molecule has 0 aliphatic carbocycles. The van der Waals surface area contributed by atoms with Crippen molar-refractivity contribution in [3.8, 4) is 0 Å². The Morgan fingerprint density at radius 1 is 0.913 bits per heavy atom. The first-order valence-corrected chi connectivity index (χ1v) is 8.71. The Balaban J connectivity index is 1.50. The van der Waals surface area contributed by atoms with Crippen molar-refractivity contribution in [2.24, 2.45) is 0 Å². The van der Waals surface area contributed by atoms with Crippen LogP contribution < -0.4 is 0 Å². The van der Waals surface area contributed by atoms with Gasteiger partial charge in [-0.1, -0.05) is 43.3 Å². The van der Waals surface area contributed by atoms with Crippen LogP contribution in [-0.2, 0) is 6.54 Å². The summed E-state index contributed by atoms with van der Waals surface area (Å²) in [6, 6.07) is 17.1. The van der Waals surface area contributed by atoms with Gasteiger partial charge < -0.3 is 4.90 Å². The van der Waals surface area contributed by atoms with Crippen LogP contribution in [0.1, 0.15) is 30.5 Å². The van der Waals surface area contributed by atoms with Gasteiger partial charge in [-0.3, -0.25) is 9.88 Å². The van der Waals surface area contributed by atoms with Crippen LogP contribution in [0.5, 0.6) is 0 Å². The average molecular weight is 309 g/mol. The Kier molecular flexibility index (Phi) is 5.78. The van der Waals surface area contributed by atoms with Crippen LogP contribution in [0.2, 0.25) is 0 Å². The first-order chi connectivity index (χ1) is 11.3. The van der Waals surface area contributed by atoms with E-state index in [0.29, 0.717) is 5.92 Å². The summed E-state index contributed by atoms with van der Waals surface area (Å²) in [5, 5.41) is 0. The Labute approximate surface area is 140 Å². The van der Waals surface area contributed by atoms with E-state index in [1.807, 2.05) is 12.3 Å². The molecular weight excluding hydrogens is 282 g/mol. The molecular formula is C20H27N3. The molecule has 2 aromatic rings. The lowest BCUT2D eigenvalue weighted by atomic mass is 10.0. The maximum Gasteiger partial charge on any atom is 0.0543 e. The topological polar surface area (TPSA) is 19.4 Å². The fourth-order valence-corrected chi connectivity index (χ4v) is 3.36. The number of rotatable bonds is 5. The van der Waals surface area contributed by atoms with Gasteiger partial charge in [-0.05, 0) is 43.1 Å². The first kappa shape index (κ1) is 16.2. The van der Waals surface area contributed by atoms with Crippen molar-refractivity contribution >= 4 is 0 Å². The summed E-state index contributed by atoms with van der Waals surface area (Å²) < 4.78 is 0. The van der Waals surface area contributed by atoms with Crippen molar-refractivity contribution in [1.82, 2.24) is 14.8 Å². The van der Waals surface area contributed by atoms with E-state index in [1.165, 1.54) is 30.8 Å². The van der Waals surface area contributed by atoms with Crippen LogP contribution in [0.15, 0.2) is 54.7 Å². The van der Waals surface area contributed by atoms with E-state index in [2.05, 4.69) is 64.2 Å². The van der Waals surface area contributed by atoms with Crippen molar-refractivity contribution in [2.45, 2.75) is 25.8 Å². The predicted molar refractivity (Wildman–Crippen MR) is 95.4 cm³/mol. The molecule has 2 heterocycles. The van der Waals surface area contributed by atoms with Crippen LogP contribution in [0.25, 0.3) is 0 Å². The molecule has 1 saturated heterocycles. The van der Waals surface area contributed by atoms with Gasteiger partial charge in [-0.2, -0.15) is 0 Å². The number of aromatic nitrogens is 1. The fraction of sp³-hybridized carbons (Fsp3) is 0.450. The van der Waals surface area contributed by atoms with E-state index in [0.717, 1.165) is 26.2 Å². The van der Waals surface area contributed by atoms with Crippen molar-refractivity contribution < 1.29 is 0 Å². The smallest absolute Gasteiger partial charge is 0.0543 e. The van der Waals surface area contributed by atoms with E-state index >= 15 is 0 Å². The van der Waals surface area contributed by atoms with Gasteiger partial charge in [-0.15, -0.1) is 0 Å². The van der Waals surface area contributed by atoms with E-state index in [9.17, 15) is 0 Å². The molecule has 1 aromatic heterocycles. The third-order valence-electron chi connectivity index (χ3n) is 4.69. The molecule has 0 amide bonds. The zero-order valence-electron chi connectivity index (χ0n) is 14.1. The highest BCUT2D eigenvalue weighted by Gasteiger charge is 2.17. The number of pyridine rings is 1. The highest BCUT2D eigenvalue weighted by molar-refractivity contribution is 5.19. The third kappa shape index (κ3) is 4.88. The van der Waals surface area contributed by atoms with Crippen LogP contribution >= 0.6 is 0 Å². The number of hydrogen-bond donors (Lipinski definition) is 0. The summed E-state index contributed by atoms with van der Waals surface area (Å²) in [5.74, 6) is 0.596. The maximum absolute atomic E-state index is 4.46. The van der Waals surface area contributed by atoms with E-state index in [-0.39, 0.29) is 0 Å². The standard InChI is InChI=1S/C20H27N3/c1-18(19-8-3-2-4-9-19)16-22-12-7-13-23(15-14-22)17-20-10-5-6-11-21-20/h2-6,8-11,18H,7,12-17H2,1H3/t18-/m0/s1. The van der Waals surface area contributed by atoms with Crippen molar-refractivity contribution in [3.05, 3.63) is 66.0 Å². The normalized spacial score (nSPS) is 18.5. The molecule has 1 atom stereocenters. The molecule has 122 valence electrons. The Morgan fingerprint density at radius 2 is 1.65 bits per heavy atom. The molecule has 3 nitrogen and oxygen atoms in total. The Hall–Kier alpha value is -1.71. The van der Waals surface area contributed by atoms with E-state index in [1.54, 1.807) is 0 Å². The van der Waals surface area contributed by atoms with Gasteiger partial charge in [0.25, 0.3) is 0 Å². The number of nitrogens with zero attached hydrogens (tertiary/aromatic N) is 3. The molecule has 1 aliphatic rings. The molecule has 0 bridgehead atoms. The highest BCUT2D eigenvalue weighted by atomic mass is 15.2. The van der Waals surface area contributed by atoms with Crippen molar-refractivity contribution in [2.75, 3.05) is 32.7 Å². The van der Waals surface area contributed by atoms with Gasteiger partial charge in [0.05, 0.1) is 5.69 Å². The van der Waals surface area contributed by atoms with Crippen LogP contribution in [-0.4, -0.2) is 47.5 Å². The second-order valence-electron chi connectivity index (χ2n) is 6.56. The zero-order chi connectivity index (χ0) is 15.9. The molecule has 3 rings (SSSR count). The monoisotopic (exact) mass is 309 g/mol. The van der Waals surface area contributed by atoms with Crippen LogP contribution in [0.4, 0.5) is 0 Å². The largest absolute Gasteiger partial charge is 0.301 e. The Morgan fingerprint density at radius 3 is 2.43 bits per heavy atom. The lowest BCUT2D eigenvalue weighted by molar-refractivity contribution is 0.243. The molecule has 0 radical (unpaired) electrons. The van der Waals surface area contributed by atoms with Gasteiger partial charge in [-0.25, -0.2) is 0 Å². The van der Waals surface area contributed by atoms with E-state index < -0.39 is 0 Å². The summed E-state index contributed by atoms with van der Waals surface area (Å²) in [6.45, 7) is 9.14. The van der Waals surface area contributed by atoms with Gasteiger partial charge in [0.2, 0.25) is 0 Å². The SMILES string of the molecule is C[C@@H](CN1CCCN(Cc2ccccn2)CC1)c1ccccc1. The molecule has 1 aromatic carbocycles. The lowest BCUT2D eigenvalue weighted by Gasteiger charge is -2.24. The molecule has 1 aliphatic heterocycles. The van der Waals surface area contributed by atoms with Crippen molar-refractivity contribution in [3.63, 3.8) is 0 Å². The minimum absolute atomic E-state index is 0.596. The molecule has 23 heavy (non-hydrogen) atoms. The van der Waals surface area contributed by atoms with Gasteiger partial charge in [0.1, 0.15) is 0 Å². The number of hydrogen-bond acceptors (Lipinski definition) is 3. The Bertz CT molecular complexity index is 570. The fourth-order valence-electron chi connectivity index (χ4n) is 3.36. The first-order valence-electron chi connectivity index (χ1n) is 8.71. The van der Waals surface area contributed by atoms with Crippen LogP contribution in [0, 0.1) is 0 Å². The molecule has 3 heteroatoms. The van der Waals surface area contributed by atoms with E-state index in [4.69, 9.17) is 0 Å². The molecule has 0 saturated carbocycles. The summed E-state index contributed by atoms with van der Waals surface area (Å²) in [6.07, 6.45) is 3.13. The van der Waals surface area contributed by atoms with Crippen molar-refractivity contribution in [1.29, 1.82) is 0 Å². The minimum Gasteiger partial charge on any atom is -0.301 e. The minimum atomic E-state index is 0.596. The maximum atomic E-state index is 4.46. The second-order valence-corrected chi connectivity index (χ2v) is 6.56. The second kappa shape index (κ2) is 8.23. The zero-order valence-corrected chi connectivity index (χ0v) is 14.1. The summed E-state index contributed by atoms with van der Waals surface area (Å²) in [4.78, 5) is 9.61. The van der Waals surface area contributed by atoms with Gasteiger partial charge >= 0.3 is 0 Å². The molecule has 0 spiro atoms. The predicted octanol–water partition coefficient (Wildman–Crippen LogP) is 3.39. The van der Waals surface area contributed by atoms with Gasteiger partial charge in [0.15, 0.2) is 0 Å². The molecule has 1 fully saturated rings. The highest BCUT2D eigenvalue weighted by Crippen LogP contribution is 2.17. The summed E-state index contributed by atoms with van der Waals surface area (Å²) in [5.41, 5.74) is 2.63. The number of benzene rings is 1. The molecule has 0 N–H and O–H groups in total.